The lowest BCUT2D eigenvalue weighted by atomic mass is 10.1. The highest BCUT2D eigenvalue weighted by Gasteiger charge is 2.14. The molecule has 0 unspecified atom stereocenters. The van der Waals surface area contributed by atoms with E-state index < -0.39 is 0 Å². The Bertz CT molecular complexity index is 1360. The number of benzene rings is 3. The Balaban J connectivity index is 1.90. The molecule has 0 saturated carbocycles. The number of rotatable bonds is 4. The van der Waals surface area contributed by atoms with Crippen LogP contribution < -0.4 is 10.5 Å². The fourth-order valence-corrected chi connectivity index (χ4v) is 4.22. The predicted molar refractivity (Wildman–Crippen MR) is 140 cm³/mol. The zero-order valence-corrected chi connectivity index (χ0v) is 20.5. The van der Waals surface area contributed by atoms with Crippen LogP contribution in [0.1, 0.15) is 11.4 Å². The number of nitrogens with zero attached hydrogens (tertiary/aromatic N) is 3. The second kappa shape index (κ2) is 9.02. The maximum atomic E-state index is 13.5. The summed E-state index contributed by atoms with van der Waals surface area (Å²) in [4.78, 5) is 20.3. The molecule has 4 nitrogen and oxygen atoms in total. The van der Waals surface area contributed by atoms with E-state index in [1.165, 1.54) is 4.57 Å². The first-order valence-corrected chi connectivity index (χ1v) is 11.3. The normalized spacial score (nSPS) is 11.4. The van der Waals surface area contributed by atoms with Gasteiger partial charge in [0.25, 0.3) is 5.56 Å². The van der Waals surface area contributed by atoms with Crippen LogP contribution >= 0.6 is 45.8 Å². The Kier molecular flexibility index (Phi) is 6.36. The zero-order valence-electron chi connectivity index (χ0n) is 16.8. The molecule has 0 saturated heterocycles. The van der Waals surface area contributed by atoms with Crippen LogP contribution in [0.5, 0.6) is 0 Å². The van der Waals surface area contributed by atoms with Gasteiger partial charge in [-0.3, -0.25) is 9.36 Å². The van der Waals surface area contributed by atoms with Gasteiger partial charge >= 0.3 is 0 Å². The summed E-state index contributed by atoms with van der Waals surface area (Å²) in [6.45, 7) is 0. The molecule has 0 fully saturated rings. The monoisotopic (exact) mass is 561 g/mol. The number of fused-ring (bicyclic) bond motifs is 1. The van der Waals surface area contributed by atoms with E-state index >= 15 is 0 Å². The van der Waals surface area contributed by atoms with Gasteiger partial charge in [-0.2, -0.15) is 0 Å². The van der Waals surface area contributed by atoms with Crippen LogP contribution in [0.25, 0.3) is 28.7 Å². The SMILES string of the molecule is CN(C)c1ccc(/C=C/c2nc3ccc(I)cc3c(=O)n2-c2ccc(Cl)cc2Cl)cc1. The molecule has 0 aliphatic carbocycles. The van der Waals surface area contributed by atoms with Gasteiger partial charge in [0.15, 0.2) is 0 Å². The van der Waals surface area contributed by atoms with Gasteiger partial charge in [0.1, 0.15) is 5.82 Å². The third kappa shape index (κ3) is 4.63. The lowest BCUT2D eigenvalue weighted by Gasteiger charge is -2.13. The Hall–Kier alpha value is -2.35. The quantitative estimate of drug-likeness (QED) is 0.266. The van der Waals surface area contributed by atoms with Gasteiger partial charge in [0.05, 0.1) is 21.6 Å². The van der Waals surface area contributed by atoms with Crippen molar-refractivity contribution >= 4 is 74.5 Å². The fourth-order valence-electron chi connectivity index (χ4n) is 3.24. The summed E-state index contributed by atoms with van der Waals surface area (Å²) >= 11 is 14.7. The first-order valence-electron chi connectivity index (χ1n) is 9.47. The molecule has 0 bridgehead atoms. The maximum Gasteiger partial charge on any atom is 0.266 e. The number of aromatic nitrogens is 2. The summed E-state index contributed by atoms with van der Waals surface area (Å²) in [5, 5.41) is 1.42. The van der Waals surface area contributed by atoms with Gasteiger partial charge in [-0.25, -0.2) is 4.98 Å². The van der Waals surface area contributed by atoms with Gasteiger partial charge in [-0.15, -0.1) is 0 Å². The molecule has 0 atom stereocenters. The highest BCUT2D eigenvalue weighted by molar-refractivity contribution is 14.1. The number of hydrogen-bond acceptors (Lipinski definition) is 3. The van der Waals surface area contributed by atoms with Crippen molar-refractivity contribution in [3.8, 4) is 5.69 Å². The topological polar surface area (TPSA) is 38.1 Å². The van der Waals surface area contributed by atoms with E-state index in [1.807, 2.05) is 73.6 Å². The first kappa shape index (κ1) is 21.9. The summed E-state index contributed by atoms with van der Waals surface area (Å²) < 4.78 is 2.49. The molecule has 0 aliphatic rings. The molecular weight excluding hydrogens is 544 g/mol. The van der Waals surface area contributed by atoms with E-state index in [2.05, 4.69) is 22.6 Å². The molecule has 156 valence electrons. The van der Waals surface area contributed by atoms with Crippen molar-refractivity contribution in [1.82, 2.24) is 9.55 Å². The average Bonchev–Trinajstić information content (AvgIpc) is 2.74. The first-order chi connectivity index (χ1) is 14.8. The van der Waals surface area contributed by atoms with Crippen molar-refractivity contribution in [2.24, 2.45) is 0 Å². The van der Waals surface area contributed by atoms with Crippen molar-refractivity contribution < 1.29 is 0 Å². The van der Waals surface area contributed by atoms with Crippen molar-refractivity contribution in [3.05, 3.63) is 96.0 Å². The largest absolute Gasteiger partial charge is 0.378 e. The van der Waals surface area contributed by atoms with Gasteiger partial charge in [-0.1, -0.05) is 41.4 Å². The van der Waals surface area contributed by atoms with Crippen LogP contribution in [0.2, 0.25) is 10.0 Å². The van der Waals surface area contributed by atoms with E-state index in [0.29, 0.717) is 32.5 Å². The summed E-state index contributed by atoms with van der Waals surface area (Å²) in [7, 11) is 4.00. The van der Waals surface area contributed by atoms with Crippen molar-refractivity contribution in [2.75, 3.05) is 19.0 Å². The Morgan fingerprint density at radius 1 is 0.968 bits per heavy atom. The molecule has 0 radical (unpaired) electrons. The number of hydrogen-bond donors (Lipinski definition) is 0. The third-order valence-electron chi connectivity index (χ3n) is 4.84. The van der Waals surface area contributed by atoms with Crippen LogP contribution in [0.4, 0.5) is 5.69 Å². The summed E-state index contributed by atoms with van der Waals surface area (Å²) in [6.07, 6.45) is 3.76. The van der Waals surface area contributed by atoms with Crippen LogP contribution in [-0.2, 0) is 0 Å². The summed E-state index contributed by atoms with van der Waals surface area (Å²) in [5.74, 6) is 0.486. The van der Waals surface area contributed by atoms with E-state index in [-0.39, 0.29) is 5.56 Å². The van der Waals surface area contributed by atoms with E-state index in [4.69, 9.17) is 28.2 Å². The predicted octanol–water partition coefficient (Wildman–Crippen LogP) is 6.53. The molecule has 1 heterocycles. The van der Waals surface area contributed by atoms with Gasteiger partial charge < -0.3 is 4.90 Å². The second-order valence-electron chi connectivity index (χ2n) is 7.19. The van der Waals surface area contributed by atoms with E-state index in [0.717, 1.165) is 14.8 Å². The minimum atomic E-state index is -0.185. The van der Waals surface area contributed by atoms with Gasteiger partial charge in [0, 0.05) is 28.4 Å². The lowest BCUT2D eigenvalue weighted by molar-refractivity contribution is 0.944. The highest BCUT2D eigenvalue weighted by Crippen LogP contribution is 2.26. The Morgan fingerprint density at radius 3 is 2.39 bits per heavy atom. The molecule has 0 N–H and O–H groups in total. The van der Waals surface area contributed by atoms with Gasteiger partial charge in [-0.05, 0) is 82.8 Å². The van der Waals surface area contributed by atoms with Crippen LogP contribution in [0.3, 0.4) is 0 Å². The average molecular weight is 562 g/mol. The second-order valence-corrected chi connectivity index (χ2v) is 9.28. The van der Waals surface area contributed by atoms with Crippen molar-refractivity contribution in [1.29, 1.82) is 0 Å². The zero-order chi connectivity index (χ0) is 22.1. The number of halogens is 3. The van der Waals surface area contributed by atoms with Crippen molar-refractivity contribution in [2.45, 2.75) is 0 Å². The Morgan fingerprint density at radius 2 is 1.71 bits per heavy atom. The molecule has 7 heteroatoms. The molecule has 1 aromatic heterocycles. The van der Waals surface area contributed by atoms with Gasteiger partial charge in [0.2, 0.25) is 0 Å². The van der Waals surface area contributed by atoms with Crippen LogP contribution in [0, 0.1) is 3.57 Å². The standard InChI is InChI=1S/C24H18Cl2IN3O/c1-29(2)18-8-3-15(4-9-18)5-12-23-28-21-10-7-17(27)14-19(21)24(31)30(23)22-11-6-16(25)13-20(22)26/h3-14H,1-2H3/b12-5+. The molecule has 4 rings (SSSR count). The molecule has 31 heavy (non-hydrogen) atoms. The summed E-state index contributed by atoms with van der Waals surface area (Å²) in [5.41, 5.74) is 3.09. The highest BCUT2D eigenvalue weighted by atomic mass is 127. The number of anilines is 1. The molecule has 3 aromatic carbocycles. The molecule has 0 spiro atoms. The molecule has 0 aliphatic heterocycles. The lowest BCUT2D eigenvalue weighted by Crippen LogP contribution is -2.22. The summed E-state index contributed by atoms with van der Waals surface area (Å²) in [6, 6.07) is 18.8. The van der Waals surface area contributed by atoms with E-state index in [1.54, 1.807) is 18.2 Å². The molecule has 4 aromatic rings. The van der Waals surface area contributed by atoms with E-state index in [9.17, 15) is 4.79 Å². The third-order valence-corrected chi connectivity index (χ3v) is 6.05. The fraction of sp³-hybridized carbons (Fsp3) is 0.0833. The van der Waals surface area contributed by atoms with Crippen molar-refractivity contribution in [3.63, 3.8) is 0 Å². The maximum absolute atomic E-state index is 13.5. The minimum absolute atomic E-state index is 0.185. The Labute approximate surface area is 203 Å². The smallest absolute Gasteiger partial charge is 0.266 e. The molecular formula is C24H18Cl2IN3O. The van der Waals surface area contributed by atoms with Crippen LogP contribution in [0.15, 0.2) is 65.5 Å². The molecule has 0 amide bonds. The minimum Gasteiger partial charge on any atom is -0.378 e. The van der Waals surface area contributed by atoms with Crippen LogP contribution in [-0.4, -0.2) is 23.6 Å².